The minimum absolute atomic E-state index is 0.0992. The highest BCUT2D eigenvalue weighted by Gasteiger charge is 2.44. The van der Waals surface area contributed by atoms with Crippen LogP contribution < -0.4 is 0 Å². The van der Waals surface area contributed by atoms with E-state index in [0.717, 1.165) is 12.8 Å². The van der Waals surface area contributed by atoms with Gasteiger partial charge in [0, 0.05) is 11.1 Å². The molecule has 2 aromatic carbocycles. The Labute approximate surface area is 130 Å². The van der Waals surface area contributed by atoms with Crippen molar-refractivity contribution >= 4 is 11.6 Å². The van der Waals surface area contributed by atoms with E-state index < -0.39 is 5.41 Å². The van der Waals surface area contributed by atoms with Crippen LogP contribution in [0.2, 0.25) is 0 Å². The van der Waals surface area contributed by atoms with Gasteiger partial charge >= 0.3 is 0 Å². The van der Waals surface area contributed by atoms with E-state index in [1.54, 1.807) is 24.3 Å². The summed E-state index contributed by atoms with van der Waals surface area (Å²) < 4.78 is 0. The van der Waals surface area contributed by atoms with Gasteiger partial charge in [0.1, 0.15) is 5.41 Å². The summed E-state index contributed by atoms with van der Waals surface area (Å²) in [5, 5.41) is 0. The molecule has 1 aliphatic carbocycles. The molecule has 0 heterocycles. The average molecular weight is 290 g/mol. The summed E-state index contributed by atoms with van der Waals surface area (Å²) in [5.41, 5.74) is 0.137. The second-order valence-electron chi connectivity index (χ2n) is 5.66. The molecule has 110 valence electrons. The molecule has 2 aromatic rings. The van der Waals surface area contributed by atoms with Crippen molar-refractivity contribution in [3.05, 3.63) is 83.9 Å². The van der Waals surface area contributed by atoms with Crippen molar-refractivity contribution in [3.63, 3.8) is 0 Å². The predicted molar refractivity (Wildman–Crippen MR) is 87.0 cm³/mol. The van der Waals surface area contributed by atoms with E-state index in [4.69, 9.17) is 0 Å². The van der Waals surface area contributed by atoms with E-state index in [9.17, 15) is 9.59 Å². The van der Waals surface area contributed by atoms with Gasteiger partial charge in [-0.05, 0) is 19.3 Å². The van der Waals surface area contributed by atoms with Gasteiger partial charge in [-0.1, -0.05) is 72.8 Å². The van der Waals surface area contributed by atoms with Crippen LogP contribution in [0.25, 0.3) is 0 Å². The SMILES string of the molecule is O=C(c1ccccc1)C1(C(=O)c2ccccc2)C=CCCC1. The normalized spacial score (nSPS) is 16.2. The van der Waals surface area contributed by atoms with Crippen molar-refractivity contribution in [2.45, 2.75) is 19.3 Å². The lowest BCUT2D eigenvalue weighted by atomic mass is 9.69. The van der Waals surface area contributed by atoms with Crippen molar-refractivity contribution in [1.29, 1.82) is 0 Å². The molecule has 0 unspecified atom stereocenters. The summed E-state index contributed by atoms with van der Waals surface area (Å²) in [6, 6.07) is 18.2. The Kier molecular flexibility index (Phi) is 4.01. The van der Waals surface area contributed by atoms with E-state index in [-0.39, 0.29) is 11.6 Å². The van der Waals surface area contributed by atoms with Gasteiger partial charge in [-0.25, -0.2) is 0 Å². The lowest BCUT2D eigenvalue weighted by Crippen LogP contribution is -2.39. The molecule has 0 aliphatic heterocycles. The Balaban J connectivity index is 2.06. The number of ketones is 2. The maximum absolute atomic E-state index is 13.1. The van der Waals surface area contributed by atoms with Gasteiger partial charge < -0.3 is 0 Å². The Morgan fingerprint density at radius 2 is 1.27 bits per heavy atom. The summed E-state index contributed by atoms with van der Waals surface area (Å²) in [6.45, 7) is 0. The topological polar surface area (TPSA) is 34.1 Å². The number of carbonyl (C=O) groups is 2. The third-order valence-corrected chi connectivity index (χ3v) is 4.23. The number of rotatable bonds is 4. The Morgan fingerprint density at radius 3 is 1.68 bits per heavy atom. The summed E-state index contributed by atoms with van der Waals surface area (Å²) in [4.78, 5) is 26.1. The number of carbonyl (C=O) groups excluding carboxylic acids is 2. The van der Waals surface area contributed by atoms with Crippen LogP contribution in [0, 0.1) is 5.41 Å². The van der Waals surface area contributed by atoms with Crippen LogP contribution in [-0.4, -0.2) is 11.6 Å². The number of hydrogen-bond donors (Lipinski definition) is 0. The quantitative estimate of drug-likeness (QED) is 0.472. The van der Waals surface area contributed by atoms with Gasteiger partial charge in [-0.2, -0.15) is 0 Å². The molecule has 0 spiro atoms. The standard InChI is InChI=1S/C20H18O2/c21-18(16-10-4-1-5-11-16)20(14-8-3-9-15-20)19(22)17-12-6-2-7-13-17/h1-2,4-8,10-14H,3,9,15H2. The molecule has 0 aromatic heterocycles. The van der Waals surface area contributed by atoms with Gasteiger partial charge in [0.25, 0.3) is 0 Å². The van der Waals surface area contributed by atoms with Gasteiger partial charge in [0.2, 0.25) is 0 Å². The van der Waals surface area contributed by atoms with Gasteiger partial charge in [0.05, 0.1) is 0 Å². The molecule has 0 saturated carbocycles. The van der Waals surface area contributed by atoms with Crippen molar-refractivity contribution < 1.29 is 9.59 Å². The maximum Gasteiger partial charge on any atom is 0.180 e. The first-order valence-corrected chi connectivity index (χ1v) is 7.61. The number of benzene rings is 2. The first-order valence-electron chi connectivity index (χ1n) is 7.61. The molecule has 2 nitrogen and oxygen atoms in total. The largest absolute Gasteiger partial charge is 0.293 e. The van der Waals surface area contributed by atoms with E-state index >= 15 is 0 Å². The summed E-state index contributed by atoms with van der Waals surface area (Å²) in [5.74, 6) is -0.198. The van der Waals surface area contributed by atoms with E-state index in [2.05, 4.69) is 0 Å². The minimum Gasteiger partial charge on any atom is -0.293 e. The monoisotopic (exact) mass is 290 g/mol. The highest BCUT2D eigenvalue weighted by molar-refractivity contribution is 6.21. The second-order valence-corrected chi connectivity index (χ2v) is 5.66. The molecule has 0 N–H and O–H groups in total. The molecule has 22 heavy (non-hydrogen) atoms. The number of hydrogen-bond acceptors (Lipinski definition) is 2. The Hall–Kier alpha value is -2.48. The lowest BCUT2D eigenvalue weighted by Gasteiger charge is -2.30. The van der Waals surface area contributed by atoms with Gasteiger partial charge in [0.15, 0.2) is 11.6 Å². The van der Waals surface area contributed by atoms with Crippen molar-refractivity contribution in [3.8, 4) is 0 Å². The van der Waals surface area contributed by atoms with Crippen molar-refractivity contribution in [2.75, 3.05) is 0 Å². The molecule has 0 atom stereocenters. The van der Waals surface area contributed by atoms with Crippen molar-refractivity contribution in [2.24, 2.45) is 5.41 Å². The van der Waals surface area contributed by atoms with E-state index in [0.29, 0.717) is 17.5 Å². The van der Waals surface area contributed by atoms with Crippen LogP contribution in [0.5, 0.6) is 0 Å². The number of allylic oxidation sites excluding steroid dienone is 2. The third kappa shape index (κ3) is 2.52. The minimum atomic E-state index is -1.05. The van der Waals surface area contributed by atoms with E-state index in [1.165, 1.54) is 0 Å². The Bertz CT molecular complexity index is 648. The van der Waals surface area contributed by atoms with Crippen LogP contribution >= 0.6 is 0 Å². The zero-order chi connectivity index (χ0) is 15.4. The first-order chi connectivity index (χ1) is 10.7. The molecule has 3 rings (SSSR count). The molecule has 0 bridgehead atoms. The molecule has 0 saturated heterocycles. The highest BCUT2D eigenvalue weighted by atomic mass is 16.2. The van der Waals surface area contributed by atoms with Crippen LogP contribution in [0.15, 0.2) is 72.8 Å². The van der Waals surface area contributed by atoms with Crippen LogP contribution in [0.4, 0.5) is 0 Å². The molecule has 0 amide bonds. The predicted octanol–water partition coefficient (Wildman–Crippen LogP) is 4.48. The lowest BCUT2D eigenvalue weighted by molar-refractivity contribution is 0.0706. The smallest absolute Gasteiger partial charge is 0.180 e. The zero-order valence-electron chi connectivity index (χ0n) is 12.4. The maximum atomic E-state index is 13.1. The fourth-order valence-electron chi connectivity index (χ4n) is 3.04. The zero-order valence-corrected chi connectivity index (χ0v) is 12.4. The number of Topliss-reactive ketones (excluding diaryl/α,β-unsaturated/α-hetero) is 2. The average Bonchev–Trinajstić information content (AvgIpc) is 2.62. The fourth-order valence-corrected chi connectivity index (χ4v) is 3.04. The van der Waals surface area contributed by atoms with Gasteiger partial charge in [-0.15, -0.1) is 0 Å². The first kappa shape index (κ1) is 14.5. The highest BCUT2D eigenvalue weighted by Crippen LogP contribution is 2.38. The van der Waals surface area contributed by atoms with Crippen LogP contribution in [0.3, 0.4) is 0 Å². The second kappa shape index (κ2) is 6.10. The molecule has 0 radical (unpaired) electrons. The van der Waals surface area contributed by atoms with Crippen LogP contribution in [0.1, 0.15) is 40.0 Å². The molecule has 1 aliphatic rings. The molecular formula is C20H18O2. The van der Waals surface area contributed by atoms with Crippen LogP contribution in [-0.2, 0) is 0 Å². The van der Waals surface area contributed by atoms with E-state index in [1.807, 2.05) is 48.6 Å². The third-order valence-electron chi connectivity index (χ3n) is 4.23. The summed E-state index contributed by atoms with van der Waals surface area (Å²) in [7, 11) is 0. The van der Waals surface area contributed by atoms with Gasteiger partial charge in [-0.3, -0.25) is 9.59 Å². The molecule has 0 fully saturated rings. The molecular weight excluding hydrogens is 272 g/mol. The fraction of sp³-hybridized carbons (Fsp3) is 0.200. The van der Waals surface area contributed by atoms with Crippen molar-refractivity contribution in [1.82, 2.24) is 0 Å². The summed E-state index contributed by atoms with van der Waals surface area (Å²) in [6.07, 6.45) is 6.14. The Morgan fingerprint density at radius 1 is 0.773 bits per heavy atom. The molecule has 2 heteroatoms. The summed E-state index contributed by atoms with van der Waals surface area (Å²) >= 11 is 0.